The van der Waals surface area contributed by atoms with Crippen molar-refractivity contribution in [2.75, 3.05) is 66.5 Å². The SMILES string of the molecule is COc1cc(N2CCN(S(=O)(=O)N(C)C)CC2)cc(OC)c1OC. The van der Waals surface area contributed by atoms with Crippen LogP contribution in [0.15, 0.2) is 12.1 Å². The Morgan fingerprint density at radius 3 is 1.79 bits per heavy atom. The molecule has 8 nitrogen and oxygen atoms in total. The van der Waals surface area contributed by atoms with Crippen LogP contribution in [0.5, 0.6) is 17.2 Å². The van der Waals surface area contributed by atoms with E-state index in [1.165, 1.54) is 8.61 Å². The molecule has 0 N–H and O–H groups in total. The molecule has 9 heteroatoms. The Hall–Kier alpha value is -1.71. The van der Waals surface area contributed by atoms with E-state index >= 15 is 0 Å². The highest BCUT2D eigenvalue weighted by Crippen LogP contribution is 2.41. The minimum Gasteiger partial charge on any atom is -0.493 e. The number of anilines is 1. The lowest BCUT2D eigenvalue weighted by Crippen LogP contribution is -2.51. The highest BCUT2D eigenvalue weighted by atomic mass is 32.2. The van der Waals surface area contributed by atoms with Crippen LogP contribution in [0.3, 0.4) is 0 Å². The number of benzene rings is 1. The predicted octanol–water partition coefficient (Wildman–Crippen LogP) is 0.641. The molecule has 0 aliphatic carbocycles. The molecule has 0 unspecified atom stereocenters. The molecule has 0 atom stereocenters. The standard InChI is InChI=1S/C15H25N3O5S/c1-16(2)24(19,20)18-8-6-17(7-9-18)12-10-13(21-3)15(23-5)14(11-12)22-4/h10-11H,6-9H2,1-5H3. The van der Waals surface area contributed by atoms with Gasteiger partial charge in [-0.2, -0.15) is 17.0 Å². The lowest BCUT2D eigenvalue weighted by molar-refractivity contribution is 0.323. The maximum Gasteiger partial charge on any atom is 0.281 e. The first-order chi connectivity index (χ1) is 11.3. The second-order valence-corrected chi connectivity index (χ2v) is 7.70. The van der Waals surface area contributed by atoms with Crippen LogP contribution in [0, 0.1) is 0 Å². The summed E-state index contributed by atoms with van der Waals surface area (Å²) in [6.07, 6.45) is 0. The summed E-state index contributed by atoms with van der Waals surface area (Å²) in [7, 11) is 4.42. The number of rotatable bonds is 6. The van der Waals surface area contributed by atoms with E-state index in [0.717, 1.165) is 5.69 Å². The lowest BCUT2D eigenvalue weighted by atomic mass is 10.2. The second kappa shape index (κ2) is 7.45. The molecule has 1 heterocycles. The van der Waals surface area contributed by atoms with E-state index < -0.39 is 10.2 Å². The van der Waals surface area contributed by atoms with E-state index in [0.29, 0.717) is 43.4 Å². The van der Waals surface area contributed by atoms with Gasteiger partial charge in [-0.1, -0.05) is 0 Å². The molecular weight excluding hydrogens is 334 g/mol. The quantitative estimate of drug-likeness (QED) is 0.742. The van der Waals surface area contributed by atoms with Gasteiger partial charge in [0, 0.05) is 58.1 Å². The summed E-state index contributed by atoms with van der Waals surface area (Å²) < 4.78 is 43.2. The van der Waals surface area contributed by atoms with Gasteiger partial charge in [0.25, 0.3) is 10.2 Å². The van der Waals surface area contributed by atoms with Crippen molar-refractivity contribution < 1.29 is 22.6 Å². The largest absolute Gasteiger partial charge is 0.493 e. The smallest absolute Gasteiger partial charge is 0.281 e. The molecule has 1 aromatic carbocycles. The van der Waals surface area contributed by atoms with Crippen LogP contribution in [-0.4, -0.2) is 78.6 Å². The molecule has 1 fully saturated rings. The monoisotopic (exact) mass is 359 g/mol. The Balaban J connectivity index is 2.20. The molecule has 0 aromatic heterocycles. The lowest BCUT2D eigenvalue weighted by Gasteiger charge is -2.36. The van der Waals surface area contributed by atoms with Crippen molar-refractivity contribution in [3.05, 3.63) is 12.1 Å². The minimum atomic E-state index is -3.37. The van der Waals surface area contributed by atoms with Crippen LogP contribution in [0.2, 0.25) is 0 Å². The Morgan fingerprint density at radius 2 is 1.42 bits per heavy atom. The van der Waals surface area contributed by atoms with E-state index in [9.17, 15) is 8.42 Å². The molecule has 1 aliphatic heterocycles. The summed E-state index contributed by atoms with van der Waals surface area (Å²) in [5.74, 6) is 1.70. The van der Waals surface area contributed by atoms with Crippen molar-refractivity contribution in [1.82, 2.24) is 8.61 Å². The molecule has 1 aliphatic rings. The fraction of sp³-hybridized carbons (Fsp3) is 0.600. The van der Waals surface area contributed by atoms with E-state index in [1.54, 1.807) is 35.4 Å². The third kappa shape index (κ3) is 3.52. The van der Waals surface area contributed by atoms with Gasteiger partial charge in [0.1, 0.15) is 0 Å². The number of piperazine rings is 1. The Morgan fingerprint density at radius 1 is 0.917 bits per heavy atom. The first-order valence-corrected chi connectivity index (χ1v) is 8.97. The molecule has 1 saturated heterocycles. The zero-order valence-corrected chi connectivity index (χ0v) is 15.6. The number of methoxy groups -OCH3 is 3. The third-order valence-electron chi connectivity index (χ3n) is 4.04. The molecule has 0 spiro atoms. The molecule has 0 amide bonds. The fourth-order valence-electron chi connectivity index (χ4n) is 2.66. The third-order valence-corrected chi connectivity index (χ3v) is 5.98. The van der Waals surface area contributed by atoms with Crippen molar-refractivity contribution in [3.63, 3.8) is 0 Å². The zero-order chi connectivity index (χ0) is 17.9. The van der Waals surface area contributed by atoms with E-state index in [-0.39, 0.29) is 0 Å². The second-order valence-electron chi connectivity index (χ2n) is 5.56. The number of hydrogen-bond acceptors (Lipinski definition) is 6. The molecule has 0 bridgehead atoms. The maximum absolute atomic E-state index is 12.2. The van der Waals surface area contributed by atoms with Crippen molar-refractivity contribution in [3.8, 4) is 17.2 Å². The van der Waals surface area contributed by atoms with Gasteiger partial charge >= 0.3 is 0 Å². The molecular formula is C15H25N3O5S. The van der Waals surface area contributed by atoms with Crippen LogP contribution in [0.4, 0.5) is 5.69 Å². The summed E-state index contributed by atoms with van der Waals surface area (Å²) in [4.78, 5) is 2.10. The van der Waals surface area contributed by atoms with Crippen molar-refractivity contribution in [2.24, 2.45) is 0 Å². The topological polar surface area (TPSA) is 71.6 Å². The highest BCUT2D eigenvalue weighted by Gasteiger charge is 2.29. The molecule has 2 rings (SSSR count). The van der Waals surface area contributed by atoms with Crippen molar-refractivity contribution >= 4 is 15.9 Å². The van der Waals surface area contributed by atoms with Gasteiger partial charge < -0.3 is 19.1 Å². The van der Waals surface area contributed by atoms with Gasteiger partial charge in [0.15, 0.2) is 11.5 Å². The van der Waals surface area contributed by atoms with Crippen molar-refractivity contribution in [2.45, 2.75) is 0 Å². The van der Waals surface area contributed by atoms with Crippen molar-refractivity contribution in [1.29, 1.82) is 0 Å². The van der Waals surface area contributed by atoms with E-state index in [2.05, 4.69) is 4.90 Å². The summed E-state index contributed by atoms with van der Waals surface area (Å²) in [6.45, 7) is 2.03. The summed E-state index contributed by atoms with van der Waals surface area (Å²) in [5, 5.41) is 0. The molecule has 0 saturated carbocycles. The van der Waals surface area contributed by atoms with Crippen LogP contribution >= 0.6 is 0 Å². The number of nitrogens with zero attached hydrogens (tertiary/aromatic N) is 3. The predicted molar refractivity (Wildman–Crippen MR) is 92.5 cm³/mol. The van der Waals surface area contributed by atoms with Gasteiger partial charge in [-0.3, -0.25) is 0 Å². The van der Waals surface area contributed by atoms with Gasteiger partial charge in [0.2, 0.25) is 5.75 Å². The highest BCUT2D eigenvalue weighted by molar-refractivity contribution is 7.86. The Labute approximate surface area is 143 Å². The molecule has 0 radical (unpaired) electrons. The van der Waals surface area contributed by atoms with Gasteiger partial charge in [-0.05, 0) is 0 Å². The first-order valence-electron chi connectivity index (χ1n) is 7.57. The molecule has 1 aromatic rings. The minimum absolute atomic E-state index is 0.428. The summed E-state index contributed by atoms with van der Waals surface area (Å²) >= 11 is 0. The molecule has 24 heavy (non-hydrogen) atoms. The maximum atomic E-state index is 12.2. The number of hydrogen-bond donors (Lipinski definition) is 0. The average molecular weight is 359 g/mol. The average Bonchev–Trinajstić information content (AvgIpc) is 2.60. The van der Waals surface area contributed by atoms with Crippen LogP contribution in [-0.2, 0) is 10.2 Å². The fourth-order valence-corrected chi connectivity index (χ4v) is 3.74. The summed E-state index contributed by atoms with van der Waals surface area (Å²) in [5.41, 5.74) is 0.909. The van der Waals surface area contributed by atoms with Gasteiger partial charge in [0.05, 0.1) is 21.3 Å². The van der Waals surface area contributed by atoms with Crippen LogP contribution in [0.1, 0.15) is 0 Å². The van der Waals surface area contributed by atoms with Crippen LogP contribution < -0.4 is 19.1 Å². The van der Waals surface area contributed by atoms with Gasteiger partial charge in [-0.15, -0.1) is 0 Å². The van der Waals surface area contributed by atoms with Gasteiger partial charge in [-0.25, -0.2) is 0 Å². The normalized spacial score (nSPS) is 16.3. The number of ether oxygens (including phenoxy) is 3. The Bertz CT molecular complexity index is 645. The summed E-state index contributed by atoms with van der Waals surface area (Å²) in [6, 6.07) is 3.74. The van der Waals surface area contributed by atoms with E-state index in [1.807, 2.05) is 12.1 Å². The Kier molecular flexibility index (Phi) is 5.79. The zero-order valence-electron chi connectivity index (χ0n) is 14.8. The van der Waals surface area contributed by atoms with Crippen LogP contribution in [0.25, 0.3) is 0 Å². The first kappa shape index (κ1) is 18.6. The molecule has 136 valence electrons. The van der Waals surface area contributed by atoms with E-state index in [4.69, 9.17) is 14.2 Å².